The van der Waals surface area contributed by atoms with Crippen LogP contribution in [0.15, 0.2) is 34.2 Å². The maximum atomic E-state index is 13.0. The van der Waals surface area contributed by atoms with E-state index in [4.69, 9.17) is 4.74 Å². The molecule has 0 saturated carbocycles. The Labute approximate surface area is 173 Å². The van der Waals surface area contributed by atoms with E-state index in [0.29, 0.717) is 29.2 Å². The van der Waals surface area contributed by atoms with E-state index in [9.17, 15) is 14.4 Å². The summed E-state index contributed by atoms with van der Waals surface area (Å²) in [6.07, 6.45) is 1.85. The fourth-order valence-electron chi connectivity index (χ4n) is 3.14. The van der Waals surface area contributed by atoms with Gasteiger partial charge in [-0.25, -0.2) is 4.98 Å². The SMILES string of the molecule is CC(C)NC(=O)CNC(=O)CSc1nc2ccccc2c(=O)n1C[C@H]1CCCO1. The summed E-state index contributed by atoms with van der Waals surface area (Å²) in [6, 6.07) is 7.19. The summed E-state index contributed by atoms with van der Waals surface area (Å²) in [4.78, 5) is 41.4. The highest BCUT2D eigenvalue weighted by atomic mass is 32.2. The second-order valence-electron chi connectivity index (χ2n) is 7.25. The van der Waals surface area contributed by atoms with Gasteiger partial charge in [0.15, 0.2) is 5.16 Å². The van der Waals surface area contributed by atoms with Crippen molar-refractivity contribution in [2.75, 3.05) is 18.9 Å². The van der Waals surface area contributed by atoms with Crippen molar-refractivity contribution in [1.29, 1.82) is 0 Å². The zero-order valence-electron chi connectivity index (χ0n) is 16.6. The first-order valence-electron chi connectivity index (χ1n) is 9.74. The van der Waals surface area contributed by atoms with Crippen molar-refractivity contribution in [3.8, 4) is 0 Å². The van der Waals surface area contributed by atoms with E-state index in [-0.39, 0.29) is 41.8 Å². The third-order valence-electron chi connectivity index (χ3n) is 4.46. The number of aromatic nitrogens is 2. The van der Waals surface area contributed by atoms with E-state index in [1.54, 1.807) is 16.7 Å². The molecule has 8 nitrogen and oxygen atoms in total. The average molecular weight is 419 g/mol. The average Bonchev–Trinajstić information content (AvgIpc) is 3.20. The Kier molecular flexibility index (Phi) is 7.27. The Morgan fingerprint density at radius 1 is 1.31 bits per heavy atom. The number of fused-ring (bicyclic) bond motifs is 1. The molecule has 0 aliphatic carbocycles. The van der Waals surface area contributed by atoms with Crippen molar-refractivity contribution in [2.45, 2.75) is 50.5 Å². The predicted octanol–water partition coefficient (Wildman–Crippen LogP) is 1.31. The first-order valence-corrected chi connectivity index (χ1v) is 10.7. The first kappa shape index (κ1) is 21.3. The van der Waals surface area contributed by atoms with Crippen LogP contribution in [0.2, 0.25) is 0 Å². The van der Waals surface area contributed by atoms with Gasteiger partial charge < -0.3 is 15.4 Å². The number of hydrogen-bond donors (Lipinski definition) is 2. The molecule has 0 unspecified atom stereocenters. The van der Waals surface area contributed by atoms with Crippen LogP contribution in [0.3, 0.4) is 0 Å². The van der Waals surface area contributed by atoms with Gasteiger partial charge in [0, 0.05) is 12.6 Å². The number of carbonyl (C=O) groups excluding carboxylic acids is 2. The van der Waals surface area contributed by atoms with E-state index < -0.39 is 0 Å². The van der Waals surface area contributed by atoms with Crippen LogP contribution in [-0.2, 0) is 20.9 Å². The lowest BCUT2D eigenvalue weighted by Crippen LogP contribution is -2.40. The smallest absolute Gasteiger partial charge is 0.262 e. The molecule has 1 aliphatic rings. The topological polar surface area (TPSA) is 102 Å². The van der Waals surface area contributed by atoms with Gasteiger partial charge in [-0.05, 0) is 38.8 Å². The summed E-state index contributed by atoms with van der Waals surface area (Å²) in [6.45, 7) is 4.75. The van der Waals surface area contributed by atoms with Crippen LogP contribution in [-0.4, -0.2) is 52.4 Å². The largest absolute Gasteiger partial charge is 0.376 e. The molecule has 0 radical (unpaired) electrons. The number of nitrogens with zero attached hydrogens (tertiary/aromatic N) is 2. The van der Waals surface area contributed by atoms with Gasteiger partial charge in [0.05, 0.1) is 35.8 Å². The van der Waals surface area contributed by atoms with Crippen LogP contribution in [0.5, 0.6) is 0 Å². The Morgan fingerprint density at radius 2 is 2.10 bits per heavy atom. The number of hydrogen-bond acceptors (Lipinski definition) is 6. The second kappa shape index (κ2) is 9.89. The van der Waals surface area contributed by atoms with Crippen LogP contribution < -0.4 is 16.2 Å². The van der Waals surface area contributed by atoms with Crippen molar-refractivity contribution in [3.63, 3.8) is 0 Å². The monoisotopic (exact) mass is 418 g/mol. The molecule has 1 atom stereocenters. The van der Waals surface area contributed by atoms with E-state index in [2.05, 4.69) is 15.6 Å². The minimum atomic E-state index is -0.292. The van der Waals surface area contributed by atoms with Crippen LogP contribution in [0.4, 0.5) is 0 Å². The molecule has 9 heteroatoms. The number of rotatable bonds is 8. The molecule has 1 aromatic heterocycles. The third-order valence-corrected chi connectivity index (χ3v) is 5.44. The Bertz CT molecular complexity index is 938. The highest BCUT2D eigenvalue weighted by molar-refractivity contribution is 7.99. The Morgan fingerprint density at radius 3 is 2.83 bits per heavy atom. The molecule has 1 saturated heterocycles. The summed E-state index contributed by atoms with van der Waals surface area (Å²) in [5.74, 6) is -0.469. The molecule has 1 aromatic carbocycles. The van der Waals surface area contributed by atoms with Gasteiger partial charge in [0.25, 0.3) is 5.56 Å². The lowest BCUT2D eigenvalue weighted by atomic mass is 10.2. The van der Waals surface area contributed by atoms with Crippen molar-refractivity contribution >= 4 is 34.5 Å². The molecule has 2 amide bonds. The fourth-order valence-corrected chi connectivity index (χ4v) is 3.98. The zero-order chi connectivity index (χ0) is 20.8. The molecular formula is C20H26N4O4S. The quantitative estimate of drug-likeness (QED) is 0.495. The van der Waals surface area contributed by atoms with E-state index in [0.717, 1.165) is 12.8 Å². The number of amides is 2. The van der Waals surface area contributed by atoms with E-state index >= 15 is 0 Å². The summed E-state index contributed by atoms with van der Waals surface area (Å²) in [5, 5.41) is 6.33. The molecule has 1 fully saturated rings. The van der Waals surface area contributed by atoms with Crippen molar-refractivity contribution < 1.29 is 14.3 Å². The molecule has 0 spiro atoms. The molecule has 156 valence electrons. The molecule has 29 heavy (non-hydrogen) atoms. The minimum absolute atomic E-state index is 0.0165. The van der Waals surface area contributed by atoms with Crippen LogP contribution in [0.1, 0.15) is 26.7 Å². The van der Waals surface area contributed by atoms with Crippen LogP contribution >= 0.6 is 11.8 Å². The number of ether oxygens (including phenoxy) is 1. The summed E-state index contributed by atoms with van der Waals surface area (Å²) in [5.41, 5.74) is 0.464. The highest BCUT2D eigenvalue weighted by Gasteiger charge is 2.20. The molecule has 1 aliphatic heterocycles. The second-order valence-corrected chi connectivity index (χ2v) is 8.19. The van der Waals surface area contributed by atoms with Gasteiger partial charge in [-0.2, -0.15) is 0 Å². The van der Waals surface area contributed by atoms with Crippen LogP contribution in [0.25, 0.3) is 10.9 Å². The third kappa shape index (κ3) is 5.80. The minimum Gasteiger partial charge on any atom is -0.376 e. The molecule has 0 bridgehead atoms. The van der Waals surface area contributed by atoms with Gasteiger partial charge in [-0.1, -0.05) is 23.9 Å². The highest BCUT2D eigenvalue weighted by Crippen LogP contribution is 2.20. The summed E-state index contributed by atoms with van der Waals surface area (Å²) >= 11 is 1.19. The number of para-hydroxylation sites is 1. The fraction of sp³-hybridized carbons (Fsp3) is 0.500. The maximum Gasteiger partial charge on any atom is 0.262 e. The van der Waals surface area contributed by atoms with Crippen molar-refractivity contribution in [1.82, 2.24) is 20.2 Å². The van der Waals surface area contributed by atoms with Crippen LogP contribution in [0, 0.1) is 0 Å². The van der Waals surface area contributed by atoms with Gasteiger partial charge in [-0.3, -0.25) is 19.0 Å². The molecular weight excluding hydrogens is 392 g/mol. The molecule has 2 aromatic rings. The Balaban J connectivity index is 1.72. The van der Waals surface area contributed by atoms with E-state index in [1.165, 1.54) is 11.8 Å². The Hall–Kier alpha value is -2.39. The first-order chi connectivity index (χ1) is 13.9. The molecule has 2 heterocycles. The molecule has 2 N–H and O–H groups in total. The van der Waals surface area contributed by atoms with Gasteiger partial charge in [0.1, 0.15) is 0 Å². The summed E-state index contributed by atoms with van der Waals surface area (Å²) < 4.78 is 7.28. The lowest BCUT2D eigenvalue weighted by molar-refractivity contribution is -0.125. The number of carbonyl (C=O) groups is 2. The standard InChI is InChI=1S/C20H26N4O4S/c1-13(2)22-17(25)10-21-18(26)12-29-20-23-16-8-4-3-7-15(16)19(27)24(20)11-14-6-5-9-28-14/h3-4,7-8,13-14H,5-6,9-12H2,1-2H3,(H,21,26)(H,22,25)/t14-/m1/s1. The zero-order valence-corrected chi connectivity index (χ0v) is 17.5. The number of benzene rings is 1. The summed E-state index contributed by atoms with van der Waals surface area (Å²) in [7, 11) is 0. The van der Waals surface area contributed by atoms with Gasteiger partial charge in [-0.15, -0.1) is 0 Å². The number of thioether (sulfide) groups is 1. The predicted molar refractivity (Wildman–Crippen MR) is 112 cm³/mol. The molecule has 3 rings (SSSR count). The normalized spacial score (nSPS) is 16.3. The maximum absolute atomic E-state index is 13.0. The van der Waals surface area contributed by atoms with Gasteiger partial charge in [0.2, 0.25) is 11.8 Å². The van der Waals surface area contributed by atoms with E-state index in [1.807, 2.05) is 26.0 Å². The van der Waals surface area contributed by atoms with Gasteiger partial charge >= 0.3 is 0 Å². The van der Waals surface area contributed by atoms with Crippen molar-refractivity contribution in [3.05, 3.63) is 34.6 Å². The number of nitrogens with one attached hydrogen (secondary N) is 2. The lowest BCUT2D eigenvalue weighted by Gasteiger charge is -2.16. The van der Waals surface area contributed by atoms with Crippen molar-refractivity contribution in [2.24, 2.45) is 0 Å².